The Balaban J connectivity index is 1.32. The molecule has 2 aliphatic carbocycles. The van der Waals surface area contributed by atoms with E-state index >= 15 is 0 Å². The van der Waals surface area contributed by atoms with Crippen LogP contribution in [0, 0.1) is 5.92 Å². The second-order valence-electron chi connectivity index (χ2n) is 11.3. The Labute approximate surface area is 220 Å². The zero-order chi connectivity index (χ0) is 26.0. The maximum atomic E-state index is 13.0. The average Bonchev–Trinajstić information content (AvgIpc) is 3.12. The van der Waals surface area contributed by atoms with Crippen LogP contribution in [0.25, 0.3) is 0 Å². The third-order valence-electron chi connectivity index (χ3n) is 9.15. The van der Waals surface area contributed by atoms with Gasteiger partial charge < -0.3 is 15.2 Å². The van der Waals surface area contributed by atoms with Crippen molar-refractivity contribution >= 4 is 11.7 Å². The number of methoxy groups -OCH3 is 1. The number of aliphatic hydroxyl groups excluding tert-OH is 1. The SMILES string of the molecule is COc1ccc(NC(=O)CN2CC3(CCC(c4ccccc4)(N(C)C)CC3)N(CC3CCC3)C2O)nc1. The van der Waals surface area contributed by atoms with Crippen LogP contribution in [0.1, 0.15) is 50.5 Å². The fraction of sp³-hybridized carbons (Fsp3) is 0.586. The first kappa shape index (κ1) is 26.1. The molecule has 2 saturated carbocycles. The molecule has 1 saturated heterocycles. The van der Waals surface area contributed by atoms with Gasteiger partial charge in [0.2, 0.25) is 5.91 Å². The molecule has 1 amide bonds. The number of nitrogens with zero attached hydrogens (tertiary/aromatic N) is 4. The second kappa shape index (κ2) is 10.7. The molecule has 8 nitrogen and oxygen atoms in total. The number of amides is 1. The maximum Gasteiger partial charge on any atom is 0.239 e. The Kier molecular flexibility index (Phi) is 7.54. The summed E-state index contributed by atoms with van der Waals surface area (Å²) in [6.45, 7) is 1.73. The molecule has 1 spiro atoms. The van der Waals surface area contributed by atoms with E-state index in [1.54, 1.807) is 25.4 Å². The number of hydrogen-bond acceptors (Lipinski definition) is 7. The van der Waals surface area contributed by atoms with Crippen LogP contribution in [0.4, 0.5) is 5.82 Å². The van der Waals surface area contributed by atoms with Gasteiger partial charge in [-0.15, -0.1) is 0 Å². The van der Waals surface area contributed by atoms with E-state index in [2.05, 4.69) is 64.5 Å². The van der Waals surface area contributed by atoms with Gasteiger partial charge in [-0.3, -0.25) is 19.5 Å². The zero-order valence-electron chi connectivity index (χ0n) is 22.4. The number of carbonyl (C=O) groups excluding carboxylic acids is 1. The highest BCUT2D eigenvalue weighted by Crippen LogP contribution is 2.50. The predicted molar refractivity (Wildman–Crippen MR) is 144 cm³/mol. The molecule has 1 atom stereocenters. The van der Waals surface area contributed by atoms with Crippen molar-refractivity contribution < 1.29 is 14.6 Å². The summed E-state index contributed by atoms with van der Waals surface area (Å²) < 4.78 is 5.15. The molecule has 0 radical (unpaired) electrons. The van der Waals surface area contributed by atoms with Gasteiger partial charge in [-0.2, -0.15) is 0 Å². The van der Waals surface area contributed by atoms with Crippen molar-refractivity contribution in [2.24, 2.45) is 5.92 Å². The summed E-state index contributed by atoms with van der Waals surface area (Å²) in [6.07, 6.45) is 8.59. The smallest absolute Gasteiger partial charge is 0.239 e. The van der Waals surface area contributed by atoms with E-state index in [1.165, 1.54) is 24.8 Å². The van der Waals surface area contributed by atoms with E-state index in [0.717, 1.165) is 32.2 Å². The number of ether oxygens (including phenoxy) is 1. The summed E-state index contributed by atoms with van der Waals surface area (Å²) in [6, 6.07) is 14.3. The molecule has 8 heteroatoms. The Hall–Kier alpha value is -2.52. The van der Waals surface area contributed by atoms with Crippen LogP contribution in [0.5, 0.6) is 5.75 Å². The van der Waals surface area contributed by atoms with Crippen molar-refractivity contribution in [3.63, 3.8) is 0 Å². The number of rotatable bonds is 8. The number of carbonyl (C=O) groups is 1. The monoisotopic (exact) mass is 507 g/mol. The predicted octanol–water partition coefficient (Wildman–Crippen LogP) is 3.49. The molecule has 2 aromatic rings. The fourth-order valence-corrected chi connectivity index (χ4v) is 6.63. The van der Waals surface area contributed by atoms with Gasteiger partial charge in [-0.1, -0.05) is 36.8 Å². The average molecular weight is 508 g/mol. The Morgan fingerprint density at radius 1 is 1.14 bits per heavy atom. The zero-order valence-corrected chi connectivity index (χ0v) is 22.4. The molecular formula is C29H41N5O3. The molecule has 3 fully saturated rings. The summed E-state index contributed by atoms with van der Waals surface area (Å²) in [4.78, 5) is 23.9. The highest BCUT2D eigenvalue weighted by molar-refractivity contribution is 5.91. The molecule has 200 valence electrons. The number of pyridine rings is 1. The number of hydrogen-bond donors (Lipinski definition) is 2. The van der Waals surface area contributed by atoms with Crippen LogP contribution in [-0.4, -0.2) is 83.4 Å². The standard InChI is InChI=1S/C29H41N5O3/c1-32(2)29(23-10-5-4-6-11-23)16-14-28(15-17-29)21-33(27(36)34(28)19-22-8-7-9-22)20-26(35)31-25-13-12-24(37-3)18-30-25/h4-6,10-13,18,22,27,36H,7-9,14-17,19-21H2,1-3H3,(H,30,31,35). The van der Waals surface area contributed by atoms with Gasteiger partial charge in [0.05, 0.1) is 19.9 Å². The van der Waals surface area contributed by atoms with Gasteiger partial charge in [0.25, 0.3) is 0 Å². The van der Waals surface area contributed by atoms with Crippen LogP contribution in [0.2, 0.25) is 0 Å². The van der Waals surface area contributed by atoms with Crippen LogP contribution in [-0.2, 0) is 10.3 Å². The number of benzene rings is 1. The van der Waals surface area contributed by atoms with E-state index in [1.807, 2.05) is 4.90 Å². The molecule has 0 bridgehead atoms. The molecule has 1 aliphatic heterocycles. The maximum absolute atomic E-state index is 13.0. The number of aromatic nitrogens is 1. The van der Waals surface area contributed by atoms with Crippen molar-refractivity contribution in [2.75, 3.05) is 46.2 Å². The van der Waals surface area contributed by atoms with Crippen molar-refractivity contribution in [3.05, 3.63) is 54.2 Å². The number of aliphatic hydroxyl groups is 1. The largest absolute Gasteiger partial charge is 0.495 e. The third kappa shape index (κ3) is 5.12. The third-order valence-corrected chi connectivity index (χ3v) is 9.15. The van der Waals surface area contributed by atoms with Gasteiger partial charge in [-0.25, -0.2) is 4.98 Å². The van der Waals surface area contributed by atoms with Crippen molar-refractivity contribution in [1.29, 1.82) is 0 Å². The molecule has 5 rings (SSSR count). The second-order valence-corrected chi connectivity index (χ2v) is 11.3. The van der Waals surface area contributed by atoms with Crippen molar-refractivity contribution in [3.8, 4) is 5.75 Å². The van der Waals surface area contributed by atoms with Gasteiger partial charge in [-0.05, 0) is 76.2 Å². The molecule has 2 N–H and O–H groups in total. The minimum absolute atomic E-state index is 0.00949. The van der Waals surface area contributed by atoms with Crippen molar-refractivity contribution in [1.82, 2.24) is 19.7 Å². The van der Waals surface area contributed by atoms with Gasteiger partial charge in [0, 0.05) is 24.2 Å². The van der Waals surface area contributed by atoms with E-state index < -0.39 is 6.35 Å². The van der Waals surface area contributed by atoms with Crippen LogP contribution in [0.15, 0.2) is 48.7 Å². The molecule has 1 aromatic heterocycles. The molecular weight excluding hydrogens is 466 g/mol. The quantitative estimate of drug-likeness (QED) is 0.566. The molecule has 1 unspecified atom stereocenters. The van der Waals surface area contributed by atoms with E-state index in [-0.39, 0.29) is 23.5 Å². The molecule has 37 heavy (non-hydrogen) atoms. The fourth-order valence-electron chi connectivity index (χ4n) is 6.63. The Bertz CT molecular complexity index is 1050. The summed E-state index contributed by atoms with van der Waals surface area (Å²) in [5, 5.41) is 14.4. The first-order valence-electron chi connectivity index (χ1n) is 13.6. The van der Waals surface area contributed by atoms with E-state index in [9.17, 15) is 9.90 Å². The number of nitrogens with one attached hydrogen (secondary N) is 1. The first-order chi connectivity index (χ1) is 17.8. The van der Waals surface area contributed by atoms with Gasteiger partial charge >= 0.3 is 0 Å². The highest BCUT2D eigenvalue weighted by Gasteiger charge is 2.55. The van der Waals surface area contributed by atoms with Gasteiger partial charge in [0.15, 0.2) is 6.35 Å². The van der Waals surface area contributed by atoms with Crippen LogP contribution < -0.4 is 10.1 Å². The topological polar surface area (TPSA) is 81.2 Å². The Morgan fingerprint density at radius 2 is 1.86 bits per heavy atom. The summed E-state index contributed by atoms with van der Waals surface area (Å²) >= 11 is 0. The van der Waals surface area contributed by atoms with Crippen LogP contribution in [0.3, 0.4) is 0 Å². The number of anilines is 1. The minimum Gasteiger partial charge on any atom is -0.495 e. The lowest BCUT2D eigenvalue weighted by Gasteiger charge is -2.52. The van der Waals surface area contributed by atoms with E-state index in [0.29, 0.717) is 24.0 Å². The lowest BCUT2D eigenvalue weighted by atomic mass is 9.68. The molecule has 3 aliphatic rings. The van der Waals surface area contributed by atoms with Crippen LogP contribution >= 0.6 is 0 Å². The lowest BCUT2D eigenvalue weighted by molar-refractivity contribution is -0.126. The van der Waals surface area contributed by atoms with Crippen molar-refractivity contribution in [2.45, 2.75) is 62.4 Å². The summed E-state index contributed by atoms with van der Waals surface area (Å²) in [5.74, 6) is 1.60. The normalized spacial score (nSPS) is 28.9. The van der Waals surface area contributed by atoms with Gasteiger partial charge in [0.1, 0.15) is 11.6 Å². The highest BCUT2D eigenvalue weighted by atomic mass is 16.5. The molecule has 1 aromatic carbocycles. The first-order valence-corrected chi connectivity index (χ1v) is 13.6. The minimum atomic E-state index is -0.751. The molecule has 2 heterocycles. The Morgan fingerprint density at radius 3 is 2.43 bits per heavy atom. The van der Waals surface area contributed by atoms with E-state index in [4.69, 9.17) is 4.74 Å². The summed E-state index contributed by atoms with van der Waals surface area (Å²) in [5.41, 5.74) is 1.23. The summed E-state index contributed by atoms with van der Waals surface area (Å²) in [7, 11) is 5.96. The lowest BCUT2D eigenvalue weighted by Crippen LogP contribution is -2.57.